The summed E-state index contributed by atoms with van der Waals surface area (Å²) >= 11 is 1.63. The molecule has 42 heavy (non-hydrogen) atoms. The Morgan fingerprint density at radius 2 is 1.57 bits per heavy atom. The number of ether oxygens (including phenoxy) is 1. The summed E-state index contributed by atoms with van der Waals surface area (Å²) in [5.74, 6) is 1.02. The molecule has 7 aromatic rings. The van der Waals surface area contributed by atoms with Crippen molar-refractivity contribution in [2.24, 2.45) is 0 Å². The SMILES string of the molecule is [2H]C([2H])([2H])N1[CH-]N(c2[c-]c(Oc3[c-]c4c(cc3)c3ccccc3n4-c3ncc(-c4ccccc4)s3)ccc2)c2ccccc21.[Pt]. The van der Waals surface area contributed by atoms with Gasteiger partial charge in [0.05, 0.1) is 4.88 Å². The van der Waals surface area contributed by atoms with E-state index in [1.807, 2.05) is 90.0 Å². The largest absolute Gasteiger partial charge is 0.509 e. The summed E-state index contributed by atoms with van der Waals surface area (Å²) in [6, 6.07) is 42.3. The van der Waals surface area contributed by atoms with Crippen molar-refractivity contribution in [3.63, 3.8) is 0 Å². The van der Waals surface area contributed by atoms with Crippen molar-refractivity contribution in [2.45, 2.75) is 0 Å². The first-order chi connectivity index (χ1) is 21.4. The first-order valence-electron chi connectivity index (χ1n) is 14.6. The third-order valence-electron chi connectivity index (χ3n) is 7.16. The maximum atomic E-state index is 7.99. The van der Waals surface area contributed by atoms with E-state index in [4.69, 9.17) is 13.8 Å². The first kappa shape index (κ1) is 23.2. The van der Waals surface area contributed by atoms with Crippen LogP contribution in [0.2, 0.25) is 0 Å². The van der Waals surface area contributed by atoms with Gasteiger partial charge < -0.3 is 19.1 Å². The average Bonchev–Trinajstić information content (AvgIpc) is 3.76. The number of hydrogen-bond acceptors (Lipinski definition) is 5. The zero-order valence-electron chi connectivity index (χ0n) is 25.0. The summed E-state index contributed by atoms with van der Waals surface area (Å²) in [6.07, 6.45) is 1.91. The molecular formula is C35H23N4OPtS-3. The molecule has 0 unspecified atom stereocenters. The summed E-state index contributed by atoms with van der Waals surface area (Å²) in [5, 5.41) is 3.01. The van der Waals surface area contributed by atoms with Gasteiger partial charge in [-0.05, 0) is 36.1 Å². The molecule has 1 aliphatic rings. The monoisotopic (exact) mass is 745 g/mol. The second-order valence-corrected chi connectivity index (χ2v) is 10.7. The first-order valence-corrected chi connectivity index (χ1v) is 14.0. The normalized spacial score (nSPS) is 13.9. The molecule has 5 aromatic carbocycles. The van der Waals surface area contributed by atoms with Crippen LogP contribution in [0.3, 0.4) is 0 Å². The molecule has 208 valence electrons. The Balaban J connectivity index is 0.00000325. The zero-order valence-corrected chi connectivity index (χ0v) is 25.1. The Bertz CT molecular complexity index is 2160. The molecule has 0 amide bonds. The number of hydrogen-bond donors (Lipinski definition) is 0. The molecule has 0 N–H and O–H groups in total. The number of nitrogens with zero attached hydrogens (tertiary/aromatic N) is 4. The zero-order chi connectivity index (χ0) is 29.8. The van der Waals surface area contributed by atoms with Crippen LogP contribution in [0.15, 0.2) is 115 Å². The van der Waals surface area contributed by atoms with Crippen LogP contribution in [0.1, 0.15) is 4.11 Å². The van der Waals surface area contributed by atoms with Gasteiger partial charge in [0.25, 0.3) is 0 Å². The van der Waals surface area contributed by atoms with Crippen LogP contribution < -0.4 is 14.5 Å². The molecule has 8 rings (SSSR count). The fourth-order valence-corrected chi connectivity index (χ4v) is 6.24. The molecule has 0 bridgehead atoms. The molecule has 0 fully saturated rings. The van der Waals surface area contributed by atoms with E-state index in [1.54, 1.807) is 24.1 Å². The van der Waals surface area contributed by atoms with E-state index in [1.165, 1.54) is 4.90 Å². The van der Waals surface area contributed by atoms with Crippen molar-refractivity contribution < 1.29 is 29.9 Å². The second kappa shape index (κ2) is 10.8. The summed E-state index contributed by atoms with van der Waals surface area (Å²) in [6.45, 7) is -0.733. The number of para-hydroxylation sites is 3. The van der Waals surface area contributed by atoms with Crippen LogP contribution in [-0.4, -0.2) is 16.5 Å². The van der Waals surface area contributed by atoms with Crippen LogP contribution in [0.25, 0.3) is 37.4 Å². The number of thiazole rings is 1. The second-order valence-electron chi connectivity index (χ2n) is 9.66. The predicted octanol–water partition coefficient (Wildman–Crippen LogP) is 9.00. The van der Waals surface area contributed by atoms with E-state index >= 15 is 0 Å². The molecule has 0 saturated carbocycles. The number of rotatable bonds is 5. The van der Waals surface area contributed by atoms with Gasteiger partial charge in [0.2, 0.25) is 0 Å². The standard InChI is InChI=1S/C35H23N4OS.Pt/c1-37-23-38(32-17-8-7-16-31(32)37)25-12-9-13-26(20-25)40-27-18-19-29-28-14-5-6-15-30(28)39(33(29)21-27)35-36-22-34(41-35)24-10-3-2-4-11-24;/h2-19,22-23H,1H3;/q-3;/i1D3;. The molecule has 0 saturated heterocycles. The van der Waals surface area contributed by atoms with Gasteiger partial charge in [-0.3, -0.25) is 0 Å². The van der Waals surface area contributed by atoms with Gasteiger partial charge in [0.1, 0.15) is 0 Å². The van der Waals surface area contributed by atoms with Crippen LogP contribution >= 0.6 is 11.3 Å². The van der Waals surface area contributed by atoms with Crippen LogP contribution in [0.4, 0.5) is 17.1 Å². The van der Waals surface area contributed by atoms with Gasteiger partial charge >= 0.3 is 0 Å². The fraction of sp³-hybridized carbons (Fsp3) is 0.0286. The molecular weight excluding hydrogens is 720 g/mol. The van der Waals surface area contributed by atoms with Crippen molar-refractivity contribution >= 4 is 50.2 Å². The van der Waals surface area contributed by atoms with Crippen LogP contribution in [0.5, 0.6) is 11.5 Å². The average molecular weight is 746 g/mol. The van der Waals surface area contributed by atoms with Gasteiger partial charge in [-0.15, -0.1) is 41.4 Å². The Hall–Kier alpha value is -4.38. The van der Waals surface area contributed by atoms with E-state index < -0.39 is 6.98 Å². The van der Waals surface area contributed by atoms with Crippen LogP contribution in [-0.2, 0) is 21.1 Å². The Labute approximate surface area is 266 Å². The molecule has 1 aliphatic heterocycles. The molecule has 2 aromatic heterocycles. The summed E-state index contributed by atoms with van der Waals surface area (Å²) < 4.78 is 32.4. The summed E-state index contributed by atoms with van der Waals surface area (Å²) in [4.78, 5) is 9.00. The molecule has 7 heteroatoms. The van der Waals surface area contributed by atoms with E-state index in [0.717, 1.165) is 43.1 Å². The van der Waals surface area contributed by atoms with Crippen molar-refractivity contribution in [1.29, 1.82) is 0 Å². The molecule has 0 aliphatic carbocycles. The summed E-state index contributed by atoms with van der Waals surface area (Å²) in [5.41, 5.74) is 5.06. The molecule has 0 radical (unpaired) electrons. The third-order valence-corrected chi connectivity index (χ3v) is 8.20. The minimum atomic E-state index is -2.32. The number of aromatic nitrogens is 2. The maximum Gasteiger partial charge on any atom is 0.193 e. The van der Waals surface area contributed by atoms with E-state index in [-0.39, 0.29) is 21.1 Å². The topological polar surface area (TPSA) is 33.5 Å². The van der Waals surface area contributed by atoms with Crippen molar-refractivity contribution in [3.05, 3.63) is 134 Å². The van der Waals surface area contributed by atoms with Gasteiger partial charge in [-0.2, -0.15) is 18.8 Å². The maximum absolute atomic E-state index is 7.99. The number of fused-ring (bicyclic) bond motifs is 4. The molecule has 3 heterocycles. The van der Waals surface area contributed by atoms with Crippen molar-refractivity contribution in [1.82, 2.24) is 9.55 Å². The van der Waals surface area contributed by atoms with Crippen LogP contribution in [0, 0.1) is 18.8 Å². The van der Waals surface area contributed by atoms with Crippen molar-refractivity contribution in [3.8, 4) is 27.1 Å². The Kier molecular flexibility index (Phi) is 5.96. The third kappa shape index (κ3) is 4.48. The predicted molar refractivity (Wildman–Crippen MR) is 167 cm³/mol. The van der Waals surface area contributed by atoms with E-state index in [0.29, 0.717) is 22.9 Å². The molecule has 0 atom stereocenters. The Morgan fingerprint density at radius 1 is 0.786 bits per heavy atom. The van der Waals surface area contributed by atoms with Gasteiger partial charge in [-0.25, -0.2) is 4.98 Å². The number of benzene rings is 5. The van der Waals surface area contributed by atoms with E-state index in [9.17, 15) is 0 Å². The van der Waals surface area contributed by atoms with Crippen molar-refractivity contribution in [2.75, 3.05) is 16.8 Å². The van der Waals surface area contributed by atoms with E-state index in [2.05, 4.69) is 41.0 Å². The minimum absolute atomic E-state index is 0. The Morgan fingerprint density at radius 3 is 2.45 bits per heavy atom. The molecule has 5 nitrogen and oxygen atoms in total. The number of anilines is 3. The minimum Gasteiger partial charge on any atom is -0.509 e. The molecule has 0 spiro atoms. The van der Waals surface area contributed by atoms with Gasteiger partial charge in [-0.1, -0.05) is 77.5 Å². The summed E-state index contributed by atoms with van der Waals surface area (Å²) in [7, 11) is 0. The fourth-order valence-electron chi connectivity index (χ4n) is 5.29. The quantitative estimate of drug-likeness (QED) is 0.165. The van der Waals surface area contributed by atoms with Gasteiger partial charge in [0, 0.05) is 59.8 Å². The van der Waals surface area contributed by atoms with Gasteiger partial charge in [0.15, 0.2) is 5.13 Å². The smallest absolute Gasteiger partial charge is 0.193 e.